The molecular formula is C25H28ClN8OP. The van der Waals surface area contributed by atoms with Gasteiger partial charge in [0.2, 0.25) is 5.95 Å². The summed E-state index contributed by atoms with van der Waals surface area (Å²) in [6.45, 7) is 7.58. The van der Waals surface area contributed by atoms with Crippen LogP contribution in [0.2, 0.25) is 5.02 Å². The van der Waals surface area contributed by atoms with Crippen molar-refractivity contribution in [2.75, 3.05) is 62.1 Å². The molecule has 0 radical (unpaired) electrons. The molecule has 1 aliphatic heterocycles. The predicted molar refractivity (Wildman–Crippen MR) is 148 cm³/mol. The highest BCUT2D eigenvalue weighted by atomic mass is 35.5. The molecule has 11 heteroatoms. The molecule has 1 fully saturated rings. The minimum atomic E-state index is -2.71. The standard InChI is InChI=1S/C25H28ClN8OP/c1-33-12-14-34(15-13-33)18-6-4-17(5-7-18)30-25-29-16-19(26)24(32-25)31-21-9-8-20-22(28-11-10-27-20)23(21)36(2,3)35/h4-11,16H,12-15H2,1-3H3,(H2,29,30,31,32). The van der Waals surface area contributed by atoms with Crippen LogP contribution in [0.3, 0.4) is 0 Å². The van der Waals surface area contributed by atoms with E-state index in [1.807, 2.05) is 24.3 Å². The summed E-state index contributed by atoms with van der Waals surface area (Å²) in [5, 5.41) is 7.45. The van der Waals surface area contributed by atoms with Gasteiger partial charge in [-0.05, 0) is 56.8 Å². The van der Waals surface area contributed by atoms with E-state index in [1.165, 1.54) is 11.9 Å². The molecule has 0 saturated carbocycles. The summed E-state index contributed by atoms with van der Waals surface area (Å²) in [4.78, 5) is 22.4. The highest BCUT2D eigenvalue weighted by Crippen LogP contribution is 2.41. The van der Waals surface area contributed by atoms with Gasteiger partial charge in [0, 0.05) is 49.9 Å². The first kappa shape index (κ1) is 24.4. The fourth-order valence-corrected chi connectivity index (χ4v) is 5.79. The molecule has 1 aliphatic rings. The first-order chi connectivity index (χ1) is 17.3. The van der Waals surface area contributed by atoms with Gasteiger partial charge in [0.15, 0.2) is 5.82 Å². The number of benzene rings is 2. The van der Waals surface area contributed by atoms with Crippen LogP contribution in [0.25, 0.3) is 11.0 Å². The summed E-state index contributed by atoms with van der Waals surface area (Å²) in [5.41, 5.74) is 3.97. The Morgan fingerprint density at radius 2 is 1.64 bits per heavy atom. The number of fused-ring (bicyclic) bond motifs is 1. The third kappa shape index (κ3) is 5.28. The Kier molecular flexibility index (Phi) is 6.79. The van der Waals surface area contributed by atoms with Gasteiger partial charge in [0.25, 0.3) is 0 Å². The molecule has 0 spiro atoms. The molecule has 36 heavy (non-hydrogen) atoms. The Morgan fingerprint density at radius 1 is 0.917 bits per heavy atom. The number of aromatic nitrogens is 4. The van der Waals surface area contributed by atoms with Gasteiger partial charge in [0.05, 0.1) is 22.7 Å². The van der Waals surface area contributed by atoms with E-state index in [0.717, 1.165) is 31.9 Å². The fourth-order valence-electron chi connectivity index (χ4n) is 4.26. The molecule has 0 amide bonds. The molecule has 5 rings (SSSR count). The highest BCUT2D eigenvalue weighted by molar-refractivity contribution is 7.71. The Labute approximate surface area is 215 Å². The molecule has 0 unspecified atom stereocenters. The average Bonchev–Trinajstić information content (AvgIpc) is 2.86. The Bertz CT molecular complexity index is 1430. The number of nitrogens with zero attached hydrogens (tertiary/aromatic N) is 6. The van der Waals surface area contributed by atoms with Crippen molar-refractivity contribution in [3.05, 3.63) is 60.0 Å². The predicted octanol–water partition coefficient (Wildman–Crippen LogP) is 4.56. The van der Waals surface area contributed by atoms with E-state index in [-0.39, 0.29) is 0 Å². The number of anilines is 5. The number of hydrogen-bond donors (Lipinski definition) is 2. The van der Waals surface area contributed by atoms with Gasteiger partial charge in [-0.15, -0.1) is 0 Å². The number of piperazine rings is 1. The first-order valence-corrected chi connectivity index (χ1v) is 14.7. The molecule has 0 aliphatic carbocycles. The van der Waals surface area contributed by atoms with Crippen molar-refractivity contribution < 1.29 is 4.57 Å². The second kappa shape index (κ2) is 10.0. The van der Waals surface area contributed by atoms with Crippen molar-refractivity contribution in [2.24, 2.45) is 0 Å². The van der Waals surface area contributed by atoms with Gasteiger partial charge >= 0.3 is 0 Å². The van der Waals surface area contributed by atoms with Crippen LogP contribution in [0.15, 0.2) is 55.0 Å². The zero-order chi connectivity index (χ0) is 25.3. The average molecular weight is 523 g/mol. The van der Waals surface area contributed by atoms with Crippen molar-refractivity contribution in [2.45, 2.75) is 0 Å². The van der Waals surface area contributed by atoms with Gasteiger partial charge in [-0.3, -0.25) is 9.97 Å². The summed E-state index contributed by atoms with van der Waals surface area (Å²) in [5.74, 6) is 0.800. The van der Waals surface area contributed by atoms with Crippen molar-refractivity contribution in [3.63, 3.8) is 0 Å². The van der Waals surface area contributed by atoms with Gasteiger partial charge < -0.3 is 25.0 Å². The third-order valence-corrected chi connectivity index (χ3v) is 7.95. The number of rotatable bonds is 6. The molecule has 0 bridgehead atoms. The number of halogens is 1. The molecule has 186 valence electrons. The van der Waals surface area contributed by atoms with Crippen molar-refractivity contribution in [1.29, 1.82) is 0 Å². The largest absolute Gasteiger partial charge is 0.369 e. The van der Waals surface area contributed by atoms with Crippen LogP contribution in [0.1, 0.15) is 0 Å². The molecule has 0 atom stereocenters. The first-order valence-electron chi connectivity index (χ1n) is 11.7. The van der Waals surface area contributed by atoms with Crippen molar-refractivity contribution >= 4 is 63.9 Å². The van der Waals surface area contributed by atoms with Crippen LogP contribution in [0.5, 0.6) is 0 Å². The SMILES string of the molecule is CN1CCN(c2ccc(Nc3ncc(Cl)c(Nc4ccc5nccnc5c4P(C)(C)=O)n3)cc2)CC1. The molecular weight excluding hydrogens is 495 g/mol. The van der Waals surface area contributed by atoms with E-state index in [4.69, 9.17) is 11.6 Å². The van der Waals surface area contributed by atoms with Crippen LogP contribution in [-0.2, 0) is 4.57 Å². The maximum absolute atomic E-state index is 13.2. The quantitative estimate of drug-likeness (QED) is 0.353. The second-order valence-corrected chi connectivity index (χ2v) is 12.8. The minimum Gasteiger partial charge on any atom is -0.369 e. The van der Waals surface area contributed by atoms with Crippen molar-refractivity contribution in [3.8, 4) is 0 Å². The smallest absolute Gasteiger partial charge is 0.229 e. The lowest BCUT2D eigenvalue weighted by atomic mass is 10.2. The topological polar surface area (TPSA) is 99.2 Å². The maximum Gasteiger partial charge on any atom is 0.229 e. The fraction of sp³-hybridized carbons (Fsp3) is 0.280. The molecule has 9 nitrogen and oxygen atoms in total. The zero-order valence-electron chi connectivity index (χ0n) is 20.4. The van der Waals surface area contributed by atoms with E-state index in [9.17, 15) is 4.57 Å². The summed E-state index contributed by atoms with van der Waals surface area (Å²) in [6, 6.07) is 11.9. The summed E-state index contributed by atoms with van der Waals surface area (Å²) in [7, 11) is -0.563. The van der Waals surface area contributed by atoms with Gasteiger partial charge in [0.1, 0.15) is 17.7 Å². The summed E-state index contributed by atoms with van der Waals surface area (Å²) in [6.07, 6.45) is 4.75. The monoisotopic (exact) mass is 522 g/mol. The van der Waals surface area contributed by atoms with Crippen LogP contribution in [-0.4, -0.2) is 71.4 Å². The van der Waals surface area contributed by atoms with Gasteiger partial charge in [-0.2, -0.15) is 4.98 Å². The molecule has 2 N–H and O–H groups in total. The van der Waals surface area contributed by atoms with Crippen LogP contribution >= 0.6 is 18.7 Å². The van der Waals surface area contributed by atoms with Crippen LogP contribution in [0, 0.1) is 0 Å². The van der Waals surface area contributed by atoms with Crippen LogP contribution < -0.4 is 20.8 Å². The zero-order valence-corrected chi connectivity index (χ0v) is 22.1. The Balaban J connectivity index is 1.38. The number of likely N-dealkylation sites (N-methyl/N-ethyl adjacent to an activating group) is 1. The highest BCUT2D eigenvalue weighted by Gasteiger charge is 2.22. The third-order valence-electron chi connectivity index (χ3n) is 6.14. The van der Waals surface area contributed by atoms with Crippen molar-refractivity contribution in [1.82, 2.24) is 24.8 Å². The van der Waals surface area contributed by atoms with E-state index in [0.29, 0.717) is 38.8 Å². The van der Waals surface area contributed by atoms with E-state index in [2.05, 4.69) is 59.5 Å². The Morgan fingerprint density at radius 3 is 2.36 bits per heavy atom. The lowest BCUT2D eigenvalue weighted by Crippen LogP contribution is -2.44. The second-order valence-electron chi connectivity index (χ2n) is 9.21. The normalized spacial score (nSPS) is 14.7. The molecule has 3 heterocycles. The van der Waals surface area contributed by atoms with E-state index < -0.39 is 7.14 Å². The van der Waals surface area contributed by atoms with E-state index in [1.54, 1.807) is 25.7 Å². The lowest BCUT2D eigenvalue weighted by molar-refractivity contribution is 0.313. The number of hydrogen-bond acceptors (Lipinski definition) is 9. The van der Waals surface area contributed by atoms with Gasteiger partial charge in [-0.1, -0.05) is 11.6 Å². The Hall–Kier alpha value is -3.26. The number of nitrogens with one attached hydrogen (secondary N) is 2. The molecule has 2 aromatic carbocycles. The lowest BCUT2D eigenvalue weighted by Gasteiger charge is -2.34. The molecule has 1 saturated heterocycles. The molecule has 4 aromatic rings. The minimum absolute atomic E-state index is 0.346. The maximum atomic E-state index is 13.2. The van der Waals surface area contributed by atoms with Gasteiger partial charge in [-0.25, -0.2) is 4.98 Å². The molecule has 2 aromatic heterocycles. The van der Waals surface area contributed by atoms with Crippen LogP contribution in [0.4, 0.5) is 28.8 Å². The summed E-state index contributed by atoms with van der Waals surface area (Å²) >= 11 is 6.43. The summed E-state index contributed by atoms with van der Waals surface area (Å²) < 4.78 is 13.2. The van der Waals surface area contributed by atoms with E-state index >= 15 is 0 Å².